The predicted molar refractivity (Wildman–Crippen MR) is 61.7 cm³/mol. The molecule has 0 aromatic carbocycles. The molecule has 0 atom stereocenters. The predicted octanol–water partition coefficient (Wildman–Crippen LogP) is 3.82. The fraction of sp³-hybridized carbons (Fsp3) is 0.600. The summed E-state index contributed by atoms with van der Waals surface area (Å²) >= 11 is 0.753. The van der Waals surface area contributed by atoms with Crippen LogP contribution >= 0.6 is 11.3 Å². The first-order chi connectivity index (χ1) is 7.99. The van der Waals surface area contributed by atoms with E-state index in [4.69, 9.17) is 4.74 Å². The molecule has 0 aliphatic heterocycles. The Bertz CT molecular complexity index is 449. The summed E-state index contributed by atoms with van der Waals surface area (Å²) in [6, 6.07) is 0. The number of thiazole rings is 1. The monoisotopic (exact) mass is 282 g/mol. The van der Waals surface area contributed by atoms with Crippen LogP contribution in [0.5, 0.6) is 0 Å². The number of hydrogen-bond acceptors (Lipinski definition) is 4. The highest BCUT2D eigenvalue weighted by atomic mass is 32.1. The van der Waals surface area contributed by atoms with Crippen LogP contribution in [0, 0.1) is 6.92 Å². The lowest BCUT2D eigenvalue weighted by Crippen LogP contribution is -2.27. The van der Waals surface area contributed by atoms with Gasteiger partial charge < -0.3 is 4.74 Å². The van der Waals surface area contributed by atoms with Crippen molar-refractivity contribution < 1.29 is 22.7 Å². The van der Waals surface area contributed by atoms with Gasteiger partial charge in [-0.3, -0.25) is 5.32 Å². The Labute approximate surface area is 106 Å². The van der Waals surface area contributed by atoms with Crippen molar-refractivity contribution in [1.82, 2.24) is 4.98 Å². The summed E-state index contributed by atoms with van der Waals surface area (Å²) < 4.78 is 42.7. The van der Waals surface area contributed by atoms with Gasteiger partial charge in [-0.2, -0.15) is 13.2 Å². The Morgan fingerprint density at radius 1 is 1.33 bits per heavy atom. The normalized spacial score (nSPS) is 12.4. The first-order valence-corrected chi connectivity index (χ1v) is 5.85. The van der Waals surface area contributed by atoms with Crippen molar-refractivity contribution in [3.8, 4) is 0 Å². The summed E-state index contributed by atoms with van der Waals surface area (Å²) in [5, 5.41) is 1.93. The Hall–Kier alpha value is -1.31. The highest BCUT2D eigenvalue weighted by Gasteiger charge is 2.38. The molecule has 0 radical (unpaired) electrons. The van der Waals surface area contributed by atoms with Crippen LogP contribution in [0.2, 0.25) is 0 Å². The molecule has 1 rings (SSSR count). The van der Waals surface area contributed by atoms with Gasteiger partial charge in [-0.1, -0.05) is 0 Å². The van der Waals surface area contributed by atoms with E-state index in [-0.39, 0.29) is 10.0 Å². The quantitative estimate of drug-likeness (QED) is 0.852. The number of ether oxygens (including phenoxy) is 1. The van der Waals surface area contributed by atoms with Gasteiger partial charge in [-0.25, -0.2) is 9.78 Å². The third-order valence-electron chi connectivity index (χ3n) is 1.62. The largest absolute Gasteiger partial charge is 0.444 e. The molecule has 1 aromatic heterocycles. The molecule has 0 fully saturated rings. The average molecular weight is 282 g/mol. The van der Waals surface area contributed by atoms with Crippen molar-refractivity contribution in [3.63, 3.8) is 0 Å². The van der Waals surface area contributed by atoms with E-state index >= 15 is 0 Å². The number of carbonyl (C=O) groups is 1. The number of aromatic nitrogens is 1. The molecule has 0 unspecified atom stereocenters. The molecule has 0 saturated heterocycles. The molecule has 0 aliphatic carbocycles. The first kappa shape index (κ1) is 14.7. The second-order valence-electron chi connectivity index (χ2n) is 4.54. The van der Waals surface area contributed by atoms with Gasteiger partial charge in [-0.15, -0.1) is 11.3 Å². The van der Waals surface area contributed by atoms with Crippen molar-refractivity contribution in [3.05, 3.63) is 10.7 Å². The van der Waals surface area contributed by atoms with Crippen molar-refractivity contribution in [2.24, 2.45) is 0 Å². The molecule has 1 amide bonds. The highest BCUT2D eigenvalue weighted by molar-refractivity contribution is 7.16. The summed E-state index contributed by atoms with van der Waals surface area (Å²) in [6.45, 7) is 6.29. The minimum atomic E-state index is -4.60. The molecule has 1 heterocycles. The van der Waals surface area contributed by atoms with Crippen molar-refractivity contribution in [2.75, 3.05) is 5.32 Å². The van der Waals surface area contributed by atoms with E-state index in [1.165, 1.54) is 6.92 Å². The van der Waals surface area contributed by atoms with Crippen molar-refractivity contribution in [2.45, 2.75) is 39.5 Å². The maximum atomic E-state index is 12.6. The Morgan fingerprint density at radius 3 is 2.33 bits per heavy atom. The van der Waals surface area contributed by atoms with Crippen LogP contribution in [0.4, 0.5) is 23.0 Å². The standard InChI is InChI=1S/C10H13F3N2O2S/c1-5-14-6(10(11,12)13)7(18-5)15-8(16)17-9(2,3)4/h1-4H3,(H,15,16). The zero-order valence-electron chi connectivity index (χ0n) is 10.3. The Balaban J connectivity index is 2.89. The molecule has 0 bridgehead atoms. The molecule has 0 aliphatic rings. The van der Waals surface area contributed by atoms with E-state index in [1.807, 2.05) is 0 Å². The van der Waals surface area contributed by atoms with Gasteiger partial charge in [0, 0.05) is 0 Å². The number of alkyl halides is 3. The van der Waals surface area contributed by atoms with E-state index in [9.17, 15) is 18.0 Å². The lowest BCUT2D eigenvalue weighted by molar-refractivity contribution is -0.140. The second kappa shape index (κ2) is 4.75. The molecule has 18 heavy (non-hydrogen) atoms. The molecule has 0 saturated carbocycles. The van der Waals surface area contributed by atoms with E-state index in [0.717, 1.165) is 11.3 Å². The van der Waals surface area contributed by atoms with E-state index in [2.05, 4.69) is 10.3 Å². The molecule has 0 spiro atoms. The fourth-order valence-corrected chi connectivity index (χ4v) is 1.92. The summed E-state index contributed by atoms with van der Waals surface area (Å²) in [5.74, 6) is 0. The molecular formula is C10H13F3N2O2S. The maximum Gasteiger partial charge on any atom is 0.436 e. The topological polar surface area (TPSA) is 51.2 Å². The number of rotatable bonds is 1. The minimum Gasteiger partial charge on any atom is -0.444 e. The number of aryl methyl sites for hydroxylation is 1. The zero-order valence-corrected chi connectivity index (χ0v) is 11.1. The van der Waals surface area contributed by atoms with Crippen LogP contribution in [0.1, 0.15) is 31.5 Å². The number of nitrogens with zero attached hydrogens (tertiary/aromatic N) is 1. The van der Waals surface area contributed by atoms with Crippen LogP contribution in [-0.2, 0) is 10.9 Å². The molecule has 102 valence electrons. The number of hydrogen-bond donors (Lipinski definition) is 1. The first-order valence-electron chi connectivity index (χ1n) is 5.03. The van der Waals surface area contributed by atoms with Crippen LogP contribution in [-0.4, -0.2) is 16.7 Å². The number of nitrogens with one attached hydrogen (secondary N) is 1. The lowest BCUT2D eigenvalue weighted by atomic mass is 10.2. The zero-order chi connectivity index (χ0) is 14.1. The smallest absolute Gasteiger partial charge is 0.436 e. The minimum absolute atomic E-state index is 0.216. The van der Waals surface area contributed by atoms with Crippen molar-refractivity contribution >= 4 is 22.4 Å². The molecule has 1 N–H and O–H groups in total. The van der Waals surface area contributed by atoms with E-state index < -0.39 is 23.6 Å². The van der Waals surface area contributed by atoms with Crippen LogP contribution in [0.25, 0.3) is 0 Å². The Morgan fingerprint density at radius 2 is 1.89 bits per heavy atom. The van der Waals surface area contributed by atoms with Gasteiger partial charge in [-0.05, 0) is 27.7 Å². The number of halogens is 3. The maximum absolute atomic E-state index is 12.6. The van der Waals surface area contributed by atoms with Crippen molar-refractivity contribution in [1.29, 1.82) is 0 Å². The summed E-state index contributed by atoms with van der Waals surface area (Å²) in [4.78, 5) is 14.7. The van der Waals surface area contributed by atoms with E-state index in [1.54, 1.807) is 20.8 Å². The number of carbonyl (C=O) groups excluding carboxylic acids is 1. The fourth-order valence-electron chi connectivity index (χ4n) is 1.10. The molecular weight excluding hydrogens is 269 g/mol. The van der Waals surface area contributed by atoms with Crippen LogP contribution in [0.15, 0.2) is 0 Å². The summed E-state index contributed by atoms with van der Waals surface area (Å²) in [7, 11) is 0. The highest BCUT2D eigenvalue weighted by Crippen LogP contribution is 2.37. The molecule has 8 heteroatoms. The third kappa shape index (κ3) is 4.17. The molecule has 4 nitrogen and oxygen atoms in total. The summed E-state index contributed by atoms with van der Waals surface area (Å²) in [6.07, 6.45) is -5.54. The third-order valence-corrected chi connectivity index (χ3v) is 2.50. The van der Waals surface area contributed by atoms with Gasteiger partial charge in [0.05, 0.1) is 5.01 Å². The van der Waals surface area contributed by atoms with Gasteiger partial charge in [0.15, 0.2) is 5.69 Å². The second-order valence-corrected chi connectivity index (χ2v) is 5.74. The Kier molecular flexibility index (Phi) is 3.89. The SMILES string of the molecule is Cc1nc(C(F)(F)F)c(NC(=O)OC(C)(C)C)s1. The summed E-state index contributed by atoms with van der Waals surface area (Å²) in [5.41, 5.74) is -1.88. The number of anilines is 1. The van der Waals surface area contributed by atoms with E-state index in [0.29, 0.717) is 0 Å². The average Bonchev–Trinajstić information content (AvgIpc) is 2.41. The van der Waals surface area contributed by atoms with Gasteiger partial charge >= 0.3 is 12.3 Å². The van der Waals surface area contributed by atoms with Crippen LogP contribution in [0.3, 0.4) is 0 Å². The van der Waals surface area contributed by atoms with Gasteiger partial charge in [0.25, 0.3) is 0 Å². The number of amides is 1. The molecule has 1 aromatic rings. The van der Waals surface area contributed by atoms with Crippen LogP contribution < -0.4 is 5.32 Å². The van der Waals surface area contributed by atoms with Gasteiger partial charge in [0.2, 0.25) is 0 Å². The van der Waals surface area contributed by atoms with Gasteiger partial charge in [0.1, 0.15) is 10.6 Å². The lowest BCUT2D eigenvalue weighted by Gasteiger charge is -2.19.